The Kier molecular flexibility index (Phi) is 4.63. The second kappa shape index (κ2) is 7.44. The van der Waals surface area contributed by atoms with Gasteiger partial charge in [-0.3, -0.25) is 4.79 Å². The van der Waals surface area contributed by atoms with Gasteiger partial charge in [0.2, 0.25) is 5.91 Å². The molecule has 2 aliphatic heterocycles. The lowest BCUT2D eigenvalue weighted by Crippen LogP contribution is -2.30. The lowest BCUT2D eigenvalue weighted by Gasteiger charge is -2.18. The number of anilines is 1. The largest absolute Gasteiger partial charge is 0.486 e. The molecular formula is C21H20N4O3S. The average Bonchev–Trinajstić information content (AvgIpc) is 3.35. The second-order valence-corrected chi connectivity index (χ2v) is 7.88. The third kappa shape index (κ3) is 3.33. The van der Waals surface area contributed by atoms with Crippen LogP contribution < -0.4 is 14.4 Å². The fourth-order valence-electron chi connectivity index (χ4n) is 3.68. The number of para-hydroxylation sites is 1. The van der Waals surface area contributed by atoms with E-state index in [4.69, 9.17) is 9.47 Å². The number of benzene rings is 2. The quantitative estimate of drug-likeness (QED) is 0.619. The highest BCUT2D eigenvalue weighted by Gasteiger charge is 2.25. The fraction of sp³-hybridized carbons (Fsp3) is 0.286. The number of ether oxygens (including phenoxy) is 2. The lowest BCUT2D eigenvalue weighted by molar-refractivity contribution is -0.116. The van der Waals surface area contributed by atoms with Gasteiger partial charge < -0.3 is 18.9 Å². The van der Waals surface area contributed by atoms with Crippen LogP contribution in [0.5, 0.6) is 11.5 Å². The van der Waals surface area contributed by atoms with Gasteiger partial charge in [0.1, 0.15) is 13.2 Å². The second-order valence-electron chi connectivity index (χ2n) is 6.94. The lowest BCUT2D eigenvalue weighted by atomic mass is 10.2. The van der Waals surface area contributed by atoms with Crippen molar-refractivity contribution in [3.05, 3.63) is 48.0 Å². The van der Waals surface area contributed by atoms with Gasteiger partial charge in [-0.15, -0.1) is 10.2 Å². The first-order chi connectivity index (χ1) is 14.2. The predicted octanol–water partition coefficient (Wildman–Crippen LogP) is 2.93. The number of hydrogen-bond acceptors (Lipinski definition) is 6. The van der Waals surface area contributed by atoms with E-state index >= 15 is 0 Å². The van der Waals surface area contributed by atoms with Crippen LogP contribution in [0.1, 0.15) is 5.56 Å². The SMILES string of the molecule is Cn1c(SCC(=O)N2CCc3ccccc32)nnc1-c1ccc2c(c1)OCCO2. The number of aromatic nitrogens is 3. The number of carbonyl (C=O) groups excluding carboxylic acids is 1. The van der Waals surface area contributed by atoms with Crippen molar-refractivity contribution < 1.29 is 14.3 Å². The third-order valence-corrected chi connectivity index (χ3v) is 6.15. The predicted molar refractivity (Wildman–Crippen MR) is 111 cm³/mol. The van der Waals surface area contributed by atoms with Crippen LogP contribution in [0.25, 0.3) is 11.4 Å². The monoisotopic (exact) mass is 408 g/mol. The maximum atomic E-state index is 12.7. The summed E-state index contributed by atoms with van der Waals surface area (Å²) in [6.45, 7) is 1.84. The summed E-state index contributed by atoms with van der Waals surface area (Å²) in [5.74, 6) is 2.59. The number of hydrogen-bond donors (Lipinski definition) is 0. The van der Waals surface area contributed by atoms with E-state index in [0.717, 1.165) is 35.8 Å². The molecule has 29 heavy (non-hydrogen) atoms. The van der Waals surface area contributed by atoms with Crippen molar-refractivity contribution in [1.82, 2.24) is 14.8 Å². The molecule has 3 aromatic rings. The highest BCUT2D eigenvalue weighted by molar-refractivity contribution is 7.99. The van der Waals surface area contributed by atoms with Gasteiger partial charge in [0.05, 0.1) is 5.75 Å². The number of thioether (sulfide) groups is 1. The molecule has 7 nitrogen and oxygen atoms in total. The molecule has 8 heteroatoms. The Labute approximate surface area is 172 Å². The molecule has 2 aliphatic rings. The molecule has 0 N–H and O–H groups in total. The van der Waals surface area contributed by atoms with Crippen LogP contribution >= 0.6 is 11.8 Å². The zero-order valence-corrected chi connectivity index (χ0v) is 16.8. The Bertz CT molecular complexity index is 1080. The Balaban J connectivity index is 1.30. The number of nitrogens with zero attached hydrogens (tertiary/aromatic N) is 4. The first-order valence-corrected chi connectivity index (χ1v) is 10.5. The van der Waals surface area contributed by atoms with E-state index in [9.17, 15) is 4.79 Å². The Hall–Kier alpha value is -3.00. The molecule has 1 amide bonds. The minimum Gasteiger partial charge on any atom is -0.486 e. The highest BCUT2D eigenvalue weighted by atomic mass is 32.2. The molecule has 0 fully saturated rings. The molecule has 0 spiro atoms. The molecule has 0 bridgehead atoms. The molecule has 0 aliphatic carbocycles. The number of rotatable bonds is 4. The van der Waals surface area contributed by atoms with Gasteiger partial charge in [-0.1, -0.05) is 30.0 Å². The van der Waals surface area contributed by atoms with Crippen LogP contribution in [0.3, 0.4) is 0 Å². The van der Waals surface area contributed by atoms with Crippen molar-refractivity contribution in [3.63, 3.8) is 0 Å². The Morgan fingerprint density at radius 3 is 2.83 bits per heavy atom. The summed E-state index contributed by atoms with van der Waals surface area (Å²) in [5, 5.41) is 9.30. The molecule has 0 unspecified atom stereocenters. The Morgan fingerprint density at radius 2 is 1.93 bits per heavy atom. The molecule has 2 aromatic carbocycles. The van der Waals surface area contributed by atoms with E-state index in [1.165, 1.54) is 17.3 Å². The van der Waals surface area contributed by atoms with E-state index in [2.05, 4.69) is 16.3 Å². The normalized spacial score (nSPS) is 14.7. The molecule has 1 aromatic heterocycles. The molecule has 5 rings (SSSR count). The summed E-state index contributed by atoms with van der Waals surface area (Å²) < 4.78 is 13.1. The third-order valence-electron chi connectivity index (χ3n) is 5.15. The zero-order valence-electron chi connectivity index (χ0n) is 16.0. The summed E-state index contributed by atoms with van der Waals surface area (Å²) in [6.07, 6.45) is 0.908. The summed E-state index contributed by atoms with van der Waals surface area (Å²) >= 11 is 1.40. The Morgan fingerprint density at radius 1 is 1.10 bits per heavy atom. The van der Waals surface area contributed by atoms with Gasteiger partial charge in [-0.25, -0.2) is 0 Å². The van der Waals surface area contributed by atoms with Crippen LogP contribution in [0, 0.1) is 0 Å². The summed E-state index contributed by atoms with van der Waals surface area (Å²) in [4.78, 5) is 14.6. The van der Waals surface area contributed by atoms with Gasteiger partial charge >= 0.3 is 0 Å². The molecule has 0 radical (unpaired) electrons. The van der Waals surface area contributed by atoms with Crippen molar-refractivity contribution >= 4 is 23.4 Å². The summed E-state index contributed by atoms with van der Waals surface area (Å²) in [5.41, 5.74) is 3.15. The summed E-state index contributed by atoms with van der Waals surface area (Å²) in [6, 6.07) is 13.8. The van der Waals surface area contributed by atoms with Crippen LogP contribution in [-0.4, -0.2) is 46.2 Å². The summed E-state index contributed by atoms with van der Waals surface area (Å²) in [7, 11) is 1.91. The minimum atomic E-state index is 0.0869. The van der Waals surface area contributed by atoms with Gasteiger partial charge in [0.15, 0.2) is 22.5 Å². The van der Waals surface area contributed by atoms with Crippen molar-refractivity contribution in [1.29, 1.82) is 0 Å². The van der Waals surface area contributed by atoms with Crippen LogP contribution in [0.4, 0.5) is 5.69 Å². The van der Waals surface area contributed by atoms with Crippen molar-refractivity contribution in [2.45, 2.75) is 11.6 Å². The first-order valence-electron chi connectivity index (χ1n) is 9.51. The molecule has 0 saturated carbocycles. The fourth-order valence-corrected chi connectivity index (χ4v) is 4.46. The average molecular weight is 408 g/mol. The molecule has 0 saturated heterocycles. The van der Waals surface area contributed by atoms with E-state index in [0.29, 0.717) is 29.9 Å². The van der Waals surface area contributed by atoms with Gasteiger partial charge in [0.25, 0.3) is 0 Å². The van der Waals surface area contributed by atoms with E-state index in [1.54, 1.807) is 0 Å². The van der Waals surface area contributed by atoms with Gasteiger partial charge in [-0.2, -0.15) is 0 Å². The topological polar surface area (TPSA) is 69.5 Å². The smallest absolute Gasteiger partial charge is 0.237 e. The van der Waals surface area contributed by atoms with Gasteiger partial charge in [0, 0.05) is 24.8 Å². The molecular weight excluding hydrogens is 388 g/mol. The maximum Gasteiger partial charge on any atom is 0.237 e. The van der Waals surface area contributed by atoms with Crippen LogP contribution in [0.2, 0.25) is 0 Å². The van der Waals surface area contributed by atoms with Gasteiger partial charge in [-0.05, 0) is 36.2 Å². The zero-order chi connectivity index (χ0) is 19.8. The highest BCUT2D eigenvalue weighted by Crippen LogP contribution is 2.35. The standard InChI is InChI=1S/C21H20N4O3S/c1-24-20(15-6-7-17-18(12-15)28-11-10-27-17)22-23-21(24)29-13-19(26)25-9-8-14-4-2-3-5-16(14)25/h2-7,12H,8-11,13H2,1H3. The van der Waals surface area contributed by atoms with Crippen LogP contribution in [0.15, 0.2) is 47.6 Å². The van der Waals surface area contributed by atoms with Crippen LogP contribution in [-0.2, 0) is 18.3 Å². The molecule has 3 heterocycles. The number of amides is 1. The van der Waals surface area contributed by atoms with E-state index in [-0.39, 0.29) is 5.91 Å². The molecule has 148 valence electrons. The maximum absolute atomic E-state index is 12.7. The van der Waals surface area contributed by atoms with Crippen molar-refractivity contribution in [3.8, 4) is 22.9 Å². The van der Waals surface area contributed by atoms with E-state index < -0.39 is 0 Å². The first kappa shape index (κ1) is 18.1. The number of carbonyl (C=O) groups is 1. The minimum absolute atomic E-state index is 0.0869. The van der Waals surface area contributed by atoms with Crippen molar-refractivity contribution in [2.75, 3.05) is 30.4 Å². The number of fused-ring (bicyclic) bond motifs is 2. The van der Waals surface area contributed by atoms with E-state index in [1.807, 2.05) is 52.9 Å². The van der Waals surface area contributed by atoms with Crippen molar-refractivity contribution in [2.24, 2.45) is 7.05 Å². The molecule has 0 atom stereocenters.